The maximum Gasteiger partial charge on any atom is 0.122 e. The Balaban J connectivity index is 1.92. The van der Waals surface area contributed by atoms with Crippen molar-refractivity contribution < 1.29 is 4.42 Å². The largest absolute Gasteiger partial charge is 0.468 e. The maximum atomic E-state index is 5.51. The second-order valence-corrected chi connectivity index (χ2v) is 6.06. The van der Waals surface area contributed by atoms with Gasteiger partial charge in [-0.3, -0.25) is 4.90 Å². The van der Waals surface area contributed by atoms with E-state index in [1.54, 1.807) is 6.26 Å². The van der Waals surface area contributed by atoms with E-state index in [1.165, 1.54) is 11.1 Å². The molecule has 3 nitrogen and oxygen atoms in total. The van der Waals surface area contributed by atoms with E-state index in [9.17, 15) is 0 Å². The molecular formula is C16H21BrN2O. The number of likely N-dealkylation sites (N-methyl/N-ethyl adjacent to an activating group) is 1. The number of aryl methyl sites for hydroxylation is 1. The van der Waals surface area contributed by atoms with Crippen molar-refractivity contribution in [2.75, 3.05) is 20.6 Å². The van der Waals surface area contributed by atoms with E-state index in [-0.39, 0.29) is 6.04 Å². The van der Waals surface area contributed by atoms with Gasteiger partial charge in [0.1, 0.15) is 5.76 Å². The highest BCUT2D eigenvalue weighted by Gasteiger charge is 2.16. The van der Waals surface area contributed by atoms with Crippen molar-refractivity contribution in [2.45, 2.75) is 19.5 Å². The third-order valence-corrected chi connectivity index (χ3v) is 4.25. The van der Waals surface area contributed by atoms with Gasteiger partial charge in [0.15, 0.2) is 0 Å². The van der Waals surface area contributed by atoms with E-state index in [2.05, 4.69) is 65.4 Å². The fourth-order valence-electron chi connectivity index (χ4n) is 2.12. The lowest BCUT2D eigenvalue weighted by atomic mass is 10.1. The average molecular weight is 337 g/mol. The third-order valence-electron chi connectivity index (χ3n) is 3.40. The van der Waals surface area contributed by atoms with Crippen molar-refractivity contribution in [3.8, 4) is 0 Å². The molecule has 0 aliphatic heterocycles. The summed E-state index contributed by atoms with van der Waals surface area (Å²) in [6.07, 6.45) is 1.73. The maximum absolute atomic E-state index is 5.51. The van der Waals surface area contributed by atoms with Crippen molar-refractivity contribution in [2.24, 2.45) is 0 Å². The summed E-state index contributed by atoms with van der Waals surface area (Å²) in [4.78, 5) is 2.16. The molecular weight excluding hydrogens is 316 g/mol. The van der Waals surface area contributed by atoms with Gasteiger partial charge in [0, 0.05) is 17.6 Å². The Kier molecular flexibility index (Phi) is 5.40. The van der Waals surface area contributed by atoms with Crippen LogP contribution in [-0.2, 0) is 6.54 Å². The van der Waals surface area contributed by atoms with Gasteiger partial charge in [0.2, 0.25) is 0 Å². The Labute approximate surface area is 129 Å². The van der Waals surface area contributed by atoms with Crippen molar-refractivity contribution >= 4 is 15.9 Å². The number of hydrogen-bond acceptors (Lipinski definition) is 3. The molecule has 0 bridgehead atoms. The van der Waals surface area contributed by atoms with Crippen LogP contribution in [0.3, 0.4) is 0 Å². The van der Waals surface area contributed by atoms with Crippen LogP contribution in [-0.4, -0.2) is 25.5 Å². The minimum absolute atomic E-state index is 0.249. The summed E-state index contributed by atoms with van der Waals surface area (Å²) in [5.41, 5.74) is 2.54. The van der Waals surface area contributed by atoms with E-state index in [4.69, 9.17) is 4.42 Å². The lowest BCUT2D eigenvalue weighted by Crippen LogP contribution is -2.30. The second-order valence-electron chi connectivity index (χ2n) is 5.21. The molecule has 0 aliphatic rings. The van der Waals surface area contributed by atoms with Crippen LogP contribution < -0.4 is 5.32 Å². The first kappa shape index (κ1) is 15.3. The molecule has 0 radical (unpaired) electrons. The lowest BCUT2D eigenvalue weighted by molar-refractivity contribution is 0.250. The Hall–Kier alpha value is -1.10. The van der Waals surface area contributed by atoms with Gasteiger partial charge >= 0.3 is 0 Å². The van der Waals surface area contributed by atoms with Crippen LogP contribution in [0.1, 0.15) is 22.9 Å². The molecule has 0 saturated heterocycles. The smallest absolute Gasteiger partial charge is 0.122 e. The molecule has 1 aromatic heterocycles. The first-order chi connectivity index (χ1) is 9.58. The molecule has 2 rings (SSSR count). The summed E-state index contributed by atoms with van der Waals surface area (Å²) in [5, 5.41) is 3.50. The average Bonchev–Trinajstić information content (AvgIpc) is 2.92. The molecule has 2 aromatic rings. The molecule has 1 N–H and O–H groups in total. The molecule has 0 spiro atoms. The fraction of sp³-hybridized carbons (Fsp3) is 0.375. The van der Waals surface area contributed by atoms with Crippen molar-refractivity contribution in [3.63, 3.8) is 0 Å². The van der Waals surface area contributed by atoms with Crippen LogP contribution in [0.15, 0.2) is 45.5 Å². The van der Waals surface area contributed by atoms with Gasteiger partial charge < -0.3 is 9.73 Å². The summed E-state index contributed by atoms with van der Waals surface area (Å²) in [5.74, 6) is 0.993. The molecule has 0 aliphatic carbocycles. The van der Waals surface area contributed by atoms with Crippen molar-refractivity contribution in [1.82, 2.24) is 10.2 Å². The molecule has 0 saturated carbocycles. The van der Waals surface area contributed by atoms with E-state index in [1.807, 2.05) is 12.1 Å². The third kappa shape index (κ3) is 3.95. The quantitative estimate of drug-likeness (QED) is 0.870. The number of benzene rings is 1. The Morgan fingerprint density at radius 3 is 2.70 bits per heavy atom. The minimum atomic E-state index is 0.249. The number of nitrogens with zero attached hydrogens (tertiary/aromatic N) is 1. The van der Waals surface area contributed by atoms with Gasteiger partial charge in [-0.15, -0.1) is 0 Å². The number of halogens is 1. The van der Waals surface area contributed by atoms with Crippen molar-refractivity contribution in [1.29, 1.82) is 0 Å². The zero-order chi connectivity index (χ0) is 14.5. The van der Waals surface area contributed by atoms with Gasteiger partial charge in [-0.25, -0.2) is 0 Å². The highest BCUT2D eigenvalue weighted by molar-refractivity contribution is 9.10. The highest BCUT2D eigenvalue weighted by atomic mass is 79.9. The molecule has 1 heterocycles. The zero-order valence-electron chi connectivity index (χ0n) is 12.2. The Morgan fingerprint density at radius 2 is 2.10 bits per heavy atom. The molecule has 4 heteroatoms. The highest BCUT2D eigenvalue weighted by Crippen LogP contribution is 2.19. The van der Waals surface area contributed by atoms with Gasteiger partial charge in [-0.2, -0.15) is 0 Å². The molecule has 108 valence electrons. The number of hydrogen-bond donors (Lipinski definition) is 1. The lowest BCUT2D eigenvalue weighted by Gasteiger charge is -2.22. The minimum Gasteiger partial charge on any atom is -0.468 e. The first-order valence-electron chi connectivity index (χ1n) is 6.73. The molecule has 1 aromatic carbocycles. The molecule has 0 amide bonds. The van der Waals surface area contributed by atoms with E-state index in [0.717, 1.165) is 23.3 Å². The zero-order valence-corrected chi connectivity index (χ0v) is 13.8. The molecule has 1 unspecified atom stereocenters. The predicted molar refractivity (Wildman–Crippen MR) is 85.7 cm³/mol. The molecule has 0 fully saturated rings. The first-order valence-corrected chi connectivity index (χ1v) is 7.53. The van der Waals surface area contributed by atoms with Gasteiger partial charge in [0.05, 0.1) is 12.3 Å². The van der Waals surface area contributed by atoms with Gasteiger partial charge in [-0.05, 0) is 50.3 Å². The fourth-order valence-corrected chi connectivity index (χ4v) is 2.54. The Morgan fingerprint density at radius 1 is 1.30 bits per heavy atom. The second kappa shape index (κ2) is 7.07. The monoisotopic (exact) mass is 336 g/mol. The Bertz CT molecular complexity index is 537. The van der Waals surface area contributed by atoms with E-state index >= 15 is 0 Å². The van der Waals surface area contributed by atoms with Crippen LogP contribution in [0.25, 0.3) is 0 Å². The van der Waals surface area contributed by atoms with Crippen LogP contribution >= 0.6 is 15.9 Å². The van der Waals surface area contributed by atoms with Gasteiger partial charge in [-0.1, -0.05) is 28.1 Å². The van der Waals surface area contributed by atoms with Crippen LogP contribution in [0.5, 0.6) is 0 Å². The summed E-state index contributed by atoms with van der Waals surface area (Å²) in [6.45, 7) is 3.80. The summed E-state index contributed by atoms with van der Waals surface area (Å²) < 4.78 is 6.66. The predicted octanol–water partition coefficient (Wildman–Crippen LogP) is 3.74. The molecule has 20 heavy (non-hydrogen) atoms. The number of furan rings is 1. The molecule has 1 atom stereocenters. The topological polar surface area (TPSA) is 28.4 Å². The van der Waals surface area contributed by atoms with E-state index in [0.29, 0.717) is 0 Å². The SMILES string of the molecule is Cc1ccc(CNCC(c2ccco2)N(C)C)cc1Br. The number of nitrogens with one attached hydrogen (secondary N) is 1. The standard InChI is InChI=1S/C16H21BrN2O/c1-12-6-7-13(9-14(12)17)10-18-11-15(19(2)3)16-5-4-8-20-16/h4-9,15,18H,10-11H2,1-3H3. The van der Waals surface area contributed by atoms with E-state index < -0.39 is 0 Å². The summed E-state index contributed by atoms with van der Waals surface area (Å²) in [6, 6.07) is 10.7. The summed E-state index contributed by atoms with van der Waals surface area (Å²) >= 11 is 3.57. The van der Waals surface area contributed by atoms with Crippen LogP contribution in [0.2, 0.25) is 0 Å². The van der Waals surface area contributed by atoms with Crippen LogP contribution in [0, 0.1) is 6.92 Å². The van der Waals surface area contributed by atoms with Crippen molar-refractivity contribution in [3.05, 3.63) is 58.0 Å². The number of rotatable bonds is 6. The van der Waals surface area contributed by atoms with Gasteiger partial charge in [0.25, 0.3) is 0 Å². The summed E-state index contributed by atoms with van der Waals surface area (Å²) in [7, 11) is 4.13. The normalized spacial score (nSPS) is 12.8. The van der Waals surface area contributed by atoms with Crippen LogP contribution in [0.4, 0.5) is 0 Å².